The first-order valence-corrected chi connectivity index (χ1v) is 15.1. The molecule has 0 aliphatic carbocycles. The minimum atomic E-state index is -0.362. The molecule has 9 nitrogen and oxygen atoms in total. The van der Waals surface area contributed by atoms with Crippen LogP contribution in [0.3, 0.4) is 0 Å². The molecule has 2 aromatic heterocycles. The molecule has 45 heavy (non-hydrogen) atoms. The van der Waals surface area contributed by atoms with Gasteiger partial charge in [0.15, 0.2) is 5.69 Å². The second-order valence-corrected chi connectivity index (χ2v) is 11.6. The zero-order valence-corrected chi connectivity index (χ0v) is 26.2. The molecule has 1 atom stereocenters. The number of carbonyl (C=O) groups is 2. The summed E-state index contributed by atoms with van der Waals surface area (Å²) in [5, 5.41) is 8.79. The molecular weight excluding hydrogens is 611 g/mol. The number of carbonyl (C=O) groups excluding carboxylic acids is 2. The number of hydrogen-bond acceptors (Lipinski definition) is 5. The van der Waals surface area contributed by atoms with E-state index >= 15 is 0 Å². The summed E-state index contributed by atoms with van der Waals surface area (Å²) in [5.41, 5.74) is 4.71. The number of benzene rings is 3. The van der Waals surface area contributed by atoms with Gasteiger partial charge in [0.2, 0.25) is 5.91 Å². The van der Waals surface area contributed by atoms with Crippen LogP contribution in [0.1, 0.15) is 45.8 Å². The van der Waals surface area contributed by atoms with Crippen LogP contribution in [0.25, 0.3) is 17.3 Å². The van der Waals surface area contributed by atoms with Gasteiger partial charge in [-0.1, -0.05) is 65.7 Å². The van der Waals surface area contributed by atoms with E-state index in [-0.39, 0.29) is 43.2 Å². The van der Waals surface area contributed by atoms with Gasteiger partial charge in [-0.15, -0.1) is 0 Å². The van der Waals surface area contributed by atoms with Gasteiger partial charge in [-0.05, 0) is 60.0 Å². The van der Waals surface area contributed by atoms with Crippen molar-refractivity contribution < 1.29 is 14.3 Å². The van der Waals surface area contributed by atoms with Gasteiger partial charge < -0.3 is 19.5 Å². The fraction of sp³-hybridized carbons (Fsp3) is 0.176. The zero-order valence-electron chi connectivity index (χ0n) is 24.7. The first-order valence-electron chi connectivity index (χ1n) is 14.3. The van der Waals surface area contributed by atoms with Gasteiger partial charge >= 0.3 is 0 Å². The normalized spacial score (nSPS) is 14.2. The molecule has 3 aromatic carbocycles. The first kappa shape index (κ1) is 30.2. The molecule has 1 aliphatic heterocycles. The second-order valence-electron chi connectivity index (χ2n) is 10.7. The molecule has 0 fully saturated rings. The molecule has 0 radical (unpaired) electrons. The summed E-state index contributed by atoms with van der Waals surface area (Å²) in [7, 11) is 1.62. The quantitative estimate of drug-likeness (QED) is 0.210. The maximum absolute atomic E-state index is 14.0. The van der Waals surface area contributed by atoms with Gasteiger partial charge in [0.05, 0.1) is 42.4 Å². The molecule has 3 heterocycles. The number of methoxy groups -OCH3 is 1. The number of amides is 2. The van der Waals surface area contributed by atoms with Crippen LogP contribution in [0, 0.1) is 0 Å². The largest absolute Gasteiger partial charge is 0.497 e. The van der Waals surface area contributed by atoms with Crippen molar-refractivity contribution in [3.8, 4) is 11.4 Å². The lowest BCUT2D eigenvalue weighted by Gasteiger charge is -2.30. The van der Waals surface area contributed by atoms with Crippen LogP contribution < -0.4 is 10.1 Å². The van der Waals surface area contributed by atoms with Gasteiger partial charge in [-0.2, -0.15) is 5.10 Å². The van der Waals surface area contributed by atoms with Gasteiger partial charge in [0.25, 0.3) is 5.91 Å². The van der Waals surface area contributed by atoms with Crippen LogP contribution in [-0.2, 0) is 17.9 Å². The third-order valence-electron chi connectivity index (χ3n) is 7.68. The summed E-state index contributed by atoms with van der Waals surface area (Å²) >= 11 is 12.9. The third-order valence-corrected chi connectivity index (χ3v) is 8.22. The predicted octanol–water partition coefficient (Wildman–Crippen LogP) is 6.46. The number of aromatic nitrogens is 4. The first-order chi connectivity index (χ1) is 21.8. The van der Waals surface area contributed by atoms with E-state index in [1.165, 1.54) is 0 Å². The fourth-order valence-electron chi connectivity index (χ4n) is 5.39. The lowest BCUT2D eigenvalue weighted by Crippen LogP contribution is -2.38. The van der Waals surface area contributed by atoms with Crippen molar-refractivity contribution in [2.24, 2.45) is 0 Å². The molecule has 0 unspecified atom stereocenters. The average molecular weight is 642 g/mol. The van der Waals surface area contributed by atoms with E-state index in [1.807, 2.05) is 67.6 Å². The molecule has 1 N–H and O–H groups in total. The van der Waals surface area contributed by atoms with Crippen LogP contribution in [-0.4, -0.2) is 49.7 Å². The summed E-state index contributed by atoms with van der Waals surface area (Å²) < 4.78 is 8.74. The number of nitrogens with one attached hydrogen (secondary N) is 1. The molecule has 1 aliphatic rings. The number of hydrogen-bond donors (Lipinski definition) is 1. The van der Waals surface area contributed by atoms with Crippen LogP contribution in [0.15, 0.2) is 91.5 Å². The van der Waals surface area contributed by atoms with Crippen molar-refractivity contribution in [1.82, 2.24) is 29.5 Å². The minimum Gasteiger partial charge on any atom is -0.497 e. The average Bonchev–Trinajstić information content (AvgIpc) is 3.70. The molecular formula is C34H30Cl2N6O3. The van der Waals surface area contributed by atoms with Gasteiger partial charge in [0, 0.05) is 29.5 Å². The molecule has 0 spiro atoms. The summed E-state index contributed by atoms with van der Waals surface area (Å²) in [6.07, 6.45) is 6.97. The van der Waals surface area contributed by atoms with E-state index < -0.39 is 0 Å². The smallest absolute Gasteiger partial charge is 0.272 e. The molecule has 0 saturated carbocycles. The second kappa shape index (κ2) is 13.0. The van der Waals surface area contributed by atoms with E-state index in [0.29, 0.717) is 27.0 Å². The van der Waals surface area contributed by atoms with Gasteiger partial charge in [-0.25, -0.2) is 9.67 Å². The Hall–Kier alpha value is -4.86. The highest BCUT2D eigenvalue weighted by Crippen LogP contribution is 2.36. The predicted molar refractivity (Wildman–Crippen MR) is 174 cm³/mol. The van der Waals surface area contributed by atoms with Crippen molar-refractivity contribution >= 4 is 46.7 Å². The monoisotopic (exact) mass is 640 g/mol. The minimum absolute atomic E-state index is 0.106. The van der Waals surface area contributed by atoms with Crippen molar-refractivity contribution in [1.29, 1.82) is 0 Å². The van der Waals surface area contributed by atoms with E-state index in [0.717, 1.165) is 22.4 Å². The fourth-order valence-corrected chi connectivity index (χ4v) is 5.87. The van der Waals surface area contributed by atoms with Gasteiger partial charge in [-0.3, -0.25) is 9.59 Å². The van der Waals surface area contributed by atoms with E-state index in [2.05, 4.69) is 10.3 Å². The number of ether oxygens (including phenoxy) is 1. The highest BCUT2D eigenvalue weighted by atomic mass is 35.5. The van der Waals surface area contributed by atoms with E-state index in [9.17, 15) is 9.59 Å². The molecule has 228 valence electrons. The van der Waals surface area contributed by atoms with E-state index in [4.69, 9.17) is 33.0 Å². The lowest BCUT2D eigenvalue weighted by atomic mass is 9.97. The SMILES string of the molecule is COc1ccc(/C=C2\CN(C(=O)Cn3ccnc3)Cc3c(C(=O)N[C@H](C)c4ccccc4)nn(-c4ccc(Cl)cc4Cl)c32)cc1. The summed E-state index contributed by atoms with van der Waals surface area (Å²) in [6.45, 7) is 2.49. The Balaban J connectivity index is 1.49. The third kappa shape index (κ3) is 6.50. The summed E-state index contributed by atoms with van der Waals surface area (Å²) in [6, 6.07) is 22.2. The number of imidazole rings is 1. The van der Waals surface area contributed by atoms with Crippen molar-refractivity contribution in [2.75, 3.05) is 13.7 Å². The maximum atomic E-state index is 14.0. The molecule has 6 rings (SSSR count). The standard InChI is InChI=1S/C34H30Cl2N6O3/c1-22(24-6-4-3-5-7-24)38-34(44)32-28-19-41(31(43)20-40-15-14-37-21-40)18-25(16-23-8-11-27(45-2)12-9-23)33(28)42(39-32)30-13-10-26(35)17-29(30)36/h3-17,21-22H,18-20H2,1-2H3,(H,38,44)/b25-16+/t22-/m1/s1. The Kier molecular flexibility index (Phi) is 8.73. The summed E-state index contributed by atoms with van der Waals surface area (Å²) in [4.78, 5) is 33.4. The molecule has 0 saturated heterocycles. The van der Waals surface area contributed by atoms with Crippen molar-refractivity contribution in [3.05, 3.63) is 130 Å². The highest BCUT2D eigenvalue weighted by molar-refractivity contribution is 6.35. The Labute approximate surface area is 270 Å². The Bertz CT molecular complexity index is 1870. The highest BCUT2D eigenvalue weighted by Gasteiger charge is 2.34. The maximum Gasteiger partial charge on any atom is 0.272 e. The van der Waals surface area contributed by atoms with Crippen LogP contribution in [0.2, 0.25) is 10.0 Å². The number of fused-ring (bicyclic) bond motifs is 1. The topological polar surface area (TPSA) is 94.3 Å². The van der Waals surface area contributed by atoms with Crippen LogP contribution >= 0.6 is 23.2 Å². The van der Waals surface area contributed by atoms with Crippen molar-refractivity contribution in [3.63, 3.8) is 0 Å². The summed E-state index contributed by atoms with van der Waals surface area (Å²) in [5.74, 6) is 0.239. The van der Waals surface area contributed by atoms with E-state index in [1.54, 1.807) is 58.2 Å². The Morgan fingerprint density at radius 3 is 2.51 bits per heavy atom. The van der Waals surface area contributed by atoms with Crippen LogP contribution in [0.5, 0.6) is 5.75 Å². The molecule has 11 heteroatoms. The molecule has 2 amide bonds. The Morgan fingerprint density at radius 1 is 1.04 bits per heavy atom. The Morgan fingerprint density at radius 2 is 1.82 bits per heavy atom. The number of rotatable bonds is 8. The van der Waals surface area contributed by atoms with Crippen molar-refractivity contribution in [2.45, 2.75) is 26.1 Å². The number of halogens is 2. The lowest BCUT2D eigenvalue weighted by molar-refractivity contribution is -0.131. The van der Waals surface area contributed by atoms with Crippen LogP contribution in [0.4, 0.5) is 0 Å². The molecule has 0 bridgehead atoms. The van der Waals surface area contributed by atoms with Gasteiger partial charge in [0.1, 0.15) is 12.3 Å². The molecule has 5 aromatic rings. The zero-order chi connectivity index (χ0) is 31.5. The number of nitrogens with zero attached hydrogens (tertiary/aromatic N) is 5.